The minimum atomic E-state index is -1.09. The number of carboxylic acids is 1. The van der Waals surface area contributed by atoms with Crippen molar-refractivity contribution in [3.8, 4) is 5.75 Å². The molecule has 0 radical (unpaired) electrons. The molecule has 0 saturated carbocycles. The maximum absolute atomic E-state index is 13.4. The fraction of sp³-hybridized carbons (Fsp3) is 0.143. The van der Waals surface area contributed by atoms with Crippen molar-refractivity contribution < 1.29 is 19.4 Å². The second-order valence-corrected chi connectivity index (χ2v) is 6.64. The van der Waals surface area contributed by atoms with E-state index in [1.165, 1.54) is 24.2 Å². The minimum absolute atomic E-state index is 0.0845. The molecule has 3 aromatic rings. The number of rotatable bonds is 5. The van der Waals surface area contributed by atoms with Crippen LogP contribution in [0.3, 0.4) is 0 Å². The lowest BCUT2D eigenvalue weighted by atomic mass is 9.91. The molecule has 2 aromatic carbocycles. The van der Waals surface area contributed by atoms with Crippen LogP contribution < -0.4 is 15.4 Å². The number of fused-ring (bicyclic) bond motifs is 1. The molecule has 9 nitrogen and oxygen atoms in total. The molecule has 1 amide bonds. The highest BCUT2D eigenvalue weighted by Gasteiger charge is 2.35. The van der Waals surface area contributed by atoms with Gasteiger partial charge in [0.2, 0.25) is 5.95 Å². The van der Waals surface area contributed by atoms with Gasteiger partial charge in [-0.2, -0.15) is 10.1 Å². The fourth-order valence-electron chi connectivity index (χ4n) is 3.54. The second-order valence-electron chi connectivity index (χ2n) is 6.64. The number of methoxy groups -OCH3 is 1. The Morgan fingerprint density at radius 2 is 1.90 bits per heavy atom. The summed E-state index contributed by atoms with van der Waals surface area (Å²) < 4.78 is 6.82. The van der Waals surface area contributed by atoms with Gasteiger partial charge in [0.15, 0.2) is 0 Å². The summed E-state index contributed by atoms with van der Waals surface area (Å²) >= 11 is 0. The predicted molar refractivity (Wildman–Crippen MR) is 110 cm³/mol. The molecule has 0 aliphatic carbocycles. The van der Waals surface area contributed by atoms with Crippen molar-refractivity contribution in [2.24, 2.45) is 0 Å². The van der Waals surface area contributed by atoms with Gasteiger partial charge >= 0.3 is 5.97 Å². The van der Waals surface area contributed by atoms with Crippen molar-refractivity contribution in [2.75, 3.05) is 17.7 Å². The first-order valence-corrected chi connectivity index (χ1v) is 9.15. The Balaban J connectivity index is 1.83. The largest absolute Gasteiger partial charge is 0.495 e. The number of carboxylic acid groups (broad SMARTS) is 1. The van der Waals surface area contributed by atoms with E-state index in [4.69, 9.17) is 4.74 Å². The molecule has 0 saturated heterocycles. The third-order valence-electron chi connectivity index (χ3n) is 4.88. The van der Waals surface area contributed by atoms with Crippen LogP contribution in [0.15, 0.2) is 66.1 Å². The number of hydrogen-bond acceptors (Lipinski definition) is 6. The quantitative estimate of drug-likeness (QED) is 0.597. The van der Waals surface area contributed by atoms with E-state index in [2.05, 4.69) is 20.7 Å². The molecule has 3 N–H and O–H groups in total. The van der Waals surface area contributed by atoms with Gasteiger partial charge < -0.3 is 20.5 Å². The fourth-order valence-corrected chi connectivity index (χ4v) is 3.54. The summed E-state index contributed by atoms with van der Waals surface area (Å²) in [6.45, 7) is 1.74. The second kappa shape index (κ2) is 7.70. The molecule has 4 rings (SSSR count). The van der Waals surface area contributed by atoms with Gasteiger partial charge in [-0.3, -0.25) is 4.79 Å². The summed E-state index contributed by atoms with van der Waals surface area (Å²) in [4.78, 5) is 29.4. The van der Waals surface area contributed by atoms with E-state index in [0.29, 0.717) is 34.2 Å². The standard InChI is InChI=1S/C21H19N5O4/c1-12-17(19(27)25-15-9-5-6-10-16(15)30-2)18(26-21(24-12)22-11-23-26)13-7-3-4-8-14(13)20(28)29/h3-11,18H,1-2H3,(H,25,27)(H,28,29)(H,22,23,24)/t18-/m1/s1. The number of ether oxygens (including phenoxy) is 1. The molecule has 30 heavy (non-hydrogen) atoms. The van der Waals surface area contributed by atoms with E-state index >= 15 is 0 Å². The van der Waals surface area contributed by atoms with Crippen LogP contribution in [0, 0.1) is 0 Å². The van der Waals surface area contributed by atoms with Crippen LogP contribution >= 0.6 is 0 Å². The van der Waals surface area contributed by atoms with Crippen LogP contribution in [0.25, 0.3) is 0 Å². The zero-order chi connectivity index (χ0) is 21.3. The molecule has 2 heterocycles. The molecule has 0 fully saturated rings. The van der Waals surface area contributed by atoms with Gasteiger partial charge in [-0.1, -0.05) is 30.3 Å². The summed E-state index contributed by atoms with van der Waals surface area (Å²) in [5.41, 5.74) is 1.89. The number of amides is 1. The number of benzene rings is 2. The van der Waals surface area contributed by atoms with Crippen LogP contribution in [0.1, 0.15) is 28.9 Å². The lowest BCUT2D eigenvalue weighted by molar-refractivity contribution is -0.113. The maximum atomic E-state index is 13.4. The number of para-hydroxylation sites is 2. The van der Waals surface area contributed by atoms with Crippen molar-refractivity contribution in [1.29, 1.82) is 0 Å². The first-order chi connectivity index (χ1) is 14.5. The Morgan fingerprint density at radius 3 is 2.67 bits per heavy atom. The SMILES string of the molecule is COc1ccccc1NC(=O)C1=C(C)Nc2ncnn2[C@@H]1c1ccccc1C(=O)O. The third kappa shape index (κ3) is 3.26. The molecule has 0 bridgehead atoms. The first kappa shape index (κ1) is 19.2. The molecule has 1 atom stereocenters. The van der Waals surface area contributed by atoms with E-state index in [1.807, 2.05) is 0 Å². The number of anilines is 2. The molecule has 0 unspecified atom stereocenters. The van der Waals surface area contributed by atoms with E-state index in [0.717, 1.165) is 0 Å². The normalized spacial score (nSPS) is 15.2. The highest BCUT2D eigenvalue weighted by molar-refractivity contribution is 6.07. The lowest BCUT2D eigenvalue weighted by Gasteiger charge is -2.29. The molecule has 1 aliphatic heterocycles. The Morgan fingerprint density at radius 1 is 1.17 bits per heavy atom. The number of allylic oxidation sites excluding steroid dienone is 1. The van der Waals surface area contributed by atoms with Crippen LogP contribution in [0.4, 0.5) is 11.6 Å². The number of nitrogens with one attached hydrogen (secondary N) is 2. The molecule has 1 aliphatic rings. The van der Waals surface area contributed by atoms with Gasteiger partial charge in [-0.15, -0.1) is 0 Å². The van der Waals surface area contributed by atoms with Gasteiger partial charge in [-0.05, 0) is 30.7 Å². The van der Waals surface area contributed by atoms with Crippen LogP contribution in [-0.2, 0) is 4.79 Å². The van der Waals surface area contributed by atoms with Crippen molar-refractivity contribution in [3.05, 3.63) is 77.3 Å². The Hall–Kier alpha value is -4.14. The average Bonchev–Trinajstić information content (AvgIpc) is 3.21. The van der Waals surface area contributed by atoms with Crippen LogP contribution in [-0.4, -0.2) is 38.9 Å². The highest BCUT2D eigenvalue weighted by Crippen LogP contribution is 2.37. The van der Waals surface area contributed by atoms with Crippen molar-refractivity contribution in [2.45, 2.75) is 13.0 Å². The summed E-state index contributed by atoms with van der Waals surface area (Å²) in [6, 6.07) is 12.8. The summed E-state index contributed by atoms with van der Waals surface area (Å²) in [5, 5.41) is 19.9. The monoisotopic (exact) mass is 405 g/mol. The van der Waals surface area contributed by atoms with Gasteiger partial charge in [-0.25, -0.2) is 9.48 Å². The molecule has 9 heteroatoms. The maximum Gasteiger partial charge on any atom is 0.336 e. The molecular formula is C21H19N5O4. The topological polar surface area (TPSA) is 118 Å². The average molecular weight is 405 g/mol. The summed E-state index contributed by atoms with van der Waals surface area (Å²) in [7, 11) is 1.52. The summed E-state index contributed by atoms with van der Waals surface area (Å²) in [5.74, 6) is -0.563. The van der Waals surface area contributed by atoms with Crippen LogP contribution in [0.2, 0.25) is 0 Å². The van der Waals surface area contributed by atoms with Crippen molar-refractivity contribution in [3.63, 3.8) is 0 Å². The van der Waals surface area contributed by atoms with Gasteiger partial charge in [0.25, 0.3) is 5.91 Å². The number of carbonyl (C=O) groups excluding carboxylic acids is 1. The number of aromatic carboxylic acids is 1. The zero-order valence-electron chi connectivity index (χ0n) is 16.3. The molecular weight excluding hydrogens is 386 g/mol. The number of nitrogens with zero attached hydrogens (tertiary/aromatic N) is 3. The Labute approximate surface area is 172 Å². The summed E-state index contributed by atoms with van der Waals surface area (Å²) in [6.07, 6.45) is 1.35. The van der Waals surface area contributed by atoms with Crippen LogP contribution in [0.5, 0.6) is 5.75 Å². The third-order valence-corrected chi connectivity index (χ3v) is 4.88. The molecule has 152 valence electrons. The number of carbonyl (C=O) groups is 2. The van der Waals surface area contributed by atoms with E-state index < -0.39 is 17.9 Å². The zero-order valence-corrected chi connectivity index (χ0v) is 16.3. The first-order valence-electron chi connectivity index (χ1n) is 9.15. The molecule has 0 spiro atoms. The number of hydrogen-bond donors (Lipinski definition) is 3. The predicted octanol–water partition coefficient (Wildman–Crippen LogP) is 2.91. The minimum Gasteiger partial charge on any atom is -0.495 e. The van der Waals surface area contributed by atoms with Gasteiger partial charge in [0.1, 0.15) is 18.1 Å². The number of aromatic nitrogens is 3. The van der Waals surface area contributed by atoms with E-state index in [1.54, 1.807) is 49.4 Å². The van der Waals surface area contributed by atoms with E-state index in [9.17, 15) is 14.7 Å². The van der Waals surface area contributed by atoms with Crippen molar-refractivity contribution in [1.82, 2.24) is 14.8 Å². The highest BCUT2D eigenvalue weighted by atomic mass is 16.5. The Kier molecular flexibility index (Phi) is 4.93. The van der Waals surface area contributed by atoms with Gasteiger partial charge in [0, 0.05) is 5.70 Å². The smallest absolute Gasteiger partial charge is 0.336 e. The Bertz CT molecular complexity index is 1170. The molecule has 1 aromatic heterocycles. The van der Waals surface area contributed by atoms with Gasteiger partial charge in [0.05, 0.1) is 23.9 Å². The van der Waals surface area contributed by atoms with E-state index in [-0.39, 0.29) is 5.56 Å². The lowest BCUT2D eigenvalue weighted by Crippen LogP contribution is -2.32. The van der Waals surface area contributed by atoms with Crippen molar-refractivity contribution >= 4 is 23.5 Å².